The fourth-order valence-electron chi connectivity index (χ4n) is 1.14. The molecule has 0 saturated heterocycles. The first kappa shape index (κ1) is 14.4. The Bertz CT molecular complexity index is 457. The van der Waals surface area contributed by atoms with Crippen molar-refractivity contribution in [2.24, 2.45) is 4.99 Å². The Kier molecular flexibility index (Phi) is 4.61. The van der Waals surface area contributed by atoms with Gasteiger partial charge < -0.3 is 9.84 Å². The summed E-state index contributed by atoms with van der Waals surface area (Å²) in [5.74, 6) is -1.21. The maximum atomic E-state index is 11.4. The Morgan fingerprint density at radius 3 is 2.56 bits per heavy atom. The molecule has 18 heavy (non-hydrogen) atoms. The van der Waals surface area contributed by atoms with Gasteiger partial charge in [-0.3, -0.25) is 0 Å². The molecule has 0 saturated carbocycles. The zero-order chi connectivity index (χ0) is 13.8. The van der Waals surface area contributed by atoms with Gasteiger partial charge in [-0.05, 0) is 32.2 Å². The van der Waals surface area contributed by atoms with Crippen molar-refractivity contribution in [2.45, 2.75) is 32.8 Å². The number of ether oxygens (including phenoxy) is 1. The van der Waals surface area contributed by atoms with Crippen molar-refractivity contribution in [2.75, 3.05) is 0 Å². The van der Waals surface area contributed by atoms with E-state index in [1.807, 2.05) is 11.4 Å². The Labute approximate surface area is 109 Å². The Morgan fingerprint density at radius 2 is 2.11 bits per heavy atom. The van der Waals surface area contributed by atoms with E-state index >= 15 is 0 Å². The largest absolute Gasteiger partial charge is 0.477 e. The van der Waals surface area contributed by atoms with Crippen molar-refractivity contribution in [3.63, 3.8) is 0 Å². The molecule has 5 nitrogen and oxygen atoms in total. The van der Waals surface area contributed by atoms with Gasteiger partial charge in [-0.2, -0.15) is 4.99 Å². The van der Waals surface area contributed by atoms with Crippen LogP contribution in [0, 0.1) is 0 Å². The molecule has 0 fully saturated rings. The van der Waals surface area contributed by atoms with Crippen molar-refractivity contribution >= 4 is 29.1 Å². The second-order valence-electron chi connectivity index (χ2n) is 4.60. The fourth-order valence-corrected chi connectivity index (χ4v) is 1.85. The number of thiophene rings is 1. The first-order chi connectivity index (χ1) is 8.28. The number of carboxylic acid groups (broad SMARTS) is 1. The minimum atomic E-state index is -1.21. The van der Waals surface area contributed by atoms with Crippen LogP contribution in [-0.4, -0.2) is 28.5 Å². The van der Waals surface area contributed by atoms with Crippen molar-refractivity contribution in [1.82, 2.24) is 0 Å². The van der Waals surface area contributed by atoms with E-state index in [2.05, 4.69) is 4.99 Å². The number of rotatable bonds is 3. The lowest BCUT2D eigenvalue weighted by Gasteiger charge is -2.17. The van der Waals surface area contributed by atoms with Gasteiger partial charge in [0.1, 0.15) is 11.3 Å². The van der Waals surface area contributed by atoms with Crippen molar-refractivity contribution in [3.05, 3.63) is 22.4 Å². The number of hydrogen-bond donors (Lipinski definition) is 1. The number of nitrogens with zero attached hydrogens (tertiary/aromatic N) is 1. The van der Waals surface area contributed by atoms with E-state index in [4.69, 9.17) is 9.84 Å². The number of amides is 1. The SMILES string of the molecule is CC(C)(C)OC(=O)/N=C(/Cc1cccs1)C(=O)O. The van der Waals surface area contributed by atoms with Crippen LogP contribution in [0.25, 0.3) is 0 Å². The smallest absolute Gasteiger partial charge is 0.434 e. The Morgan fingerprint density at radius 1 is 1.44 bits per heavy atom. The topological polar surface area (TPSA) is 76.0 Å². The molecule has 1 N–H and O–H groups in total. The van der Waals surface area contributed by atoms with Gasteiger partial charge in [0.25, 0.3) is 0 Å². The summed E-state index contributed by atoms with van der Waals surface area (Å²) < 4.78 is 4.95. The maximum Gasteiger partial charge on any atom is 0.434 e. The molecule has 0 radical (unpaired) electrons. The zero-order valence-corrected chi connectivity index (χ0v) is 11.3. The molecular formula is C12H15NO4S. The minimum Gasteiger partial charge on any atom is -0.477 e. The summed E-state index contributed by atoms with van der Waals surface area (Å²) in [4.78, 5) is 26.8. The number of carbonyl (C=O) groups excluding carboxylic acids is 1. The number of carbonyl (C=O) groups is 2. The molecule has 1 aromatic heterocycles. The summed E-state index contributed by atoms with van der Waals surface area (Å²) in [6, 6.07) is 3.60. The summed E-state index contributed by atoms with van der Waals surface area (Å²) in [7, 11) is 0. The predicted molar refractivity (Wildman–Crippen MR) is 69.3 cm³/mol. The highest BCUT2D eigenvalue weighted by molar-refractivity contribution is 7.10. The van der Waals surface area contributed by atoms with Gasteiger partial charge >= 0.3 is 12.1 Å². The molecule has 0 unspecified atom stereocenters. The van der Waals surface area contributed by atoms with E-state index in [1.165, 1.54) is 11.3 Å². The van der Waals surface area contributed by atoms with Crippen LogP contribution < -0.4 is 0 Å². The third-order valence-corrected chi connectivity index (χ3v) is 2.66. The summed E-state index contributed by atoms with van der Waals surface area (Å²) in [5.41, 5.74) is -0.903. The molecular weight excluding hydrogens is 254 g/mol. The van der Waals surface area contributed by atoms with Crippen molar-refractivity contribution < 1.29 is 19.4 Å². The van der Waals surface area contributed by atoms with Crippen LogP contribution in [0.2, 0.25) is 0 Å². The molecule has 98 valence electrons. The molecule has 1 rings (SSSR count). The van der Waals surface area contributed by atoms with Crippen LogP contribution in [-0.2, 0) is 16.0 Å². The van der Waals surface area contributed by atoms with Gasteiger partial charge in [0.15, 0.2) is 0 Å². The van der Waals surface area contributed by atoms with E-state index < -0.39 is 17.7 Å². The number of aliphatic carboxylic acids is 1. The van der Waals surface area contributed by atoms with Gasteiger partial charge in [-0.25, -0.2) is 9.59 Å². The molecule has 0 aliphatic carbocycles. The van der Waals surface area contributed by atoms with E-state index in [9.17, 15) is 9.59 Å². The van der Waals surface area contributed by atoms with Gasteiger partial charge in [-0.1, -0.05) is 6.07 Å². The van der Waals surface area contributed by atoms with Crippen LogP contribution >= 0.6 is 11.3 Å². The molecule has 1 aromatic rings. The lowest BCUT2D eigenvalue weighted by Crippen LogP contribution is -2.24. The Hall–Kier alpha value is -1.69. The highest BCUT2D eigenvalue weighted by Gasteiger charge is 2.19. The second kappa shape index (κ2) is 5.77. The maximum absolute atomic E-state index is 11.4. The third kappa shape index (κ3) is 5.09. The average Bonchev–Trinajstić information content (AvgIpc) is 2.66. The lowest BCUT2D eigenvalue weighted by atomic mass is 10.2. The van der Waals surface area contributed by atoms with Gasteiger partial charge in [0, 0.05) is 11.3 Å². The van der Waals surface area contributed by atoms with Gasteiger partial charge in [0.2, 0.25) is 0 Å². The average molecular weight is 269 g/mol. The highest BCUT2D eigenvalue weighted by atomic mass is 32.1. The third-order valence-electron chi connectivity index (χ3n) is 1.79. The van der Waals surface area contributed by atoms with Gasteiger partial charge in [0.05, 0.1) is 0 Å². The Balaban J connectivity index is 2.79. The molecule has 1 amide bonds. The van der Waals surface area contributed by atoms with E-state index in [0.717, 1.165) is 4.88 Å². The van der Waals surface area contributed by atoms with Crippen LogP contribution in [0.1, 0.15) is 25.6 Å². The highest BCUT2D eigenvalue weighted by Crippen LogP contribution is 2.12. The molecule has 1 heterocycles. The molecule has 0 aliphatic heterocycles. The van der Waals surface area contributed by atoms with E-state index in [0.29, 0.717) is 0 Å². The molecule has 0 aromatic carbocycles. The zero-order valence-electron chi connectivity index (χ0n) is 10.5. The van der Waals surface area contributed by atoms with Crippen LogP contribution in [0.4, 0.5) is 4.79 Å². The predicted octanol–water partition coefficient (Wildman–Crippen LogP) is 2.75. The molecule has 0 aliphatic rings. The molecule has 0 spiro atoms. The van der Waals surface area contributed by atoms with E-state index in [-0.39, 0.29) is 12.1 Å². The summed E-state index contributed by atoms with van der Waals surface area (Å²) >= 11 is 1.41. The summed E-state index contributed by atoms with van der Waals surface area (Å²) in [5, 5.41) is 10.8. The standard InChI is InChI=1S/C12H15NO4S/c1-12(2,3)17-11(16)13-9(10(14)15)7-8-5-4-6-18-8/h4-6H,7H2,1-3H3,(H,14,15)/b13-9-. The van der Waals surface area contributed by atoms with E-state index in [1.54, 1.807) is 26.8 Å². The van der Waals surface area contributed by atoms with Crippen molar-refractivity contribution in [3.8, 4) is 0 Å². The van der Waals surface area contributed by atoms with Gasteiger partial charge in [-0.15, -0.1) is 11.3 Å². The number of aliphatic imine (C=N–C) groups is 1. The quantitative estimate of drug-likeness (QED) is 0.856. The van der Waals surface area contributed by atoms with Crippen LogP contribution in [0.3, 0.4) is 0 Å². The first-order valence-electron chi connectivity index (χ1n) is 5.34. The van der Waals surface area contributed by atoms with Crippen molar-refractivity contribution in [1.29, 1.82) is 0 Å². The monoisotopic (exact) mass is 269 g/mol. The molecule has 6 heteroatoms. The summed E-state index contributed by atoms with van der Waals surface area (Å²) in [6.07, 6.45) is -0.761. The molecule has 0 bridgehead atoms. The number of hydrogen-bond acceptors (Lipinski definition) is 4. The van der Waals surface area contributed by atoms with Crippen LogP contribution in [0.15, 0.2) is 22.5 Å². The minimum absolute atomic E-state index is 0.117. The summed E-state index contributed by atoms with van der Waals surface area (Å²) in [6.45, 7) is 5.08. The van der Waals surface area contributed by atoms with Crippen LogP contribution in [0.5, 0.6) is 0 Å². The lowest BCUT2D eigenvalue weighted by molar-refractivity contribution is -0.129. The number of carboxylic acids is 1. The first-order valence-corrected chi connectivity index (χ1v) is 6.22. The fraction of sp³-hybridized carbons (Fsp3) is 0.417. The second-order valence-corrected chi connectivity index (χ2v) is 5.63. The normalized spacial score (nSPS) is 12.3. The molecule has 0 atom stereocenters.